The van der Waals surface area contributed by atoms with Crippen molar-refractivity contribution in [3.63, 3.8) is 0 Å². The maximum Gasteiger partial charge on any atom is 0.321 e. The lowest BCUT2D eigenvalue weighted by Crippen LogP contribution is -2.63. The van der Waals surface area contributed by atoms with E-state index in [0.29, 0.717) is 5.69 Å². The minimum atomic E-state index is -4.10. The summed E-state index contributed by atoms with van der Waals surface area (Å²) in [7, 11) is -4.10. The van der Waals surface area contributed by atoms with Crippen molar-refractivity contribution in [1.29, 1.82) is 0 Å². The molecule has 7 nitrogen and oxygen atoms in total. The van der Waals surface area contributed by atoms with E-state index in [4.69, 9.17) is 4.74 Å². The molecule has 2 amide bonds. The molecule has 2 saturated heterocycles. The fraction of sp³-hybridized carbons (Fsp3) is 0.350. The Kier molecular flexibility index (Phi) is 5.48. The third kappa shape index (κ3) is 3.66. The van der Waals surface area contributed by atoms with Crippen LogP contribution in [0.4, 0.5) is 19.3 Å². The zero-order valence-electron chi connectivity index (χ0n) is 16.0. The van der Waals surface area contributed by atoms with Gasteiger partial charge in [-0.15, -0.1) is 0 Å². The number of hydrogen-bond donors (Lipinski definition) is 1. The van der Waals surface area contributed by atoms with E-state index in [1.54, 1.807) is 24.3 Å². The SMILES string of the molecule is O=C(Nc1ccccc1)N1CC[C@@]2(OCCN2S(=O)(=O)c2ccc(F)cc2)[C@H](F)C1. The average molecular weight is 437 g/mol. The van der Waals surface area contributed by atoms with E-state index in [2.05, 4.69) is 5.32 Å². The molecule has 10 heteroatoms. The number of rotatable bonds is 3. The maximum absolute atomic E-state index is 15.3. The highest BCUT2D eigenvalue weighted by atomic mass is 32.2. The first-order chi connectivity index (χ1) is 14.3. The Balaban J connectivity index is 1.52. The summed E-state index contributed by atoms with van der Waals surface area (Å²) >= 11 is 0. The number of likely N-dealkylation sites (tertiary alicyclic amines) is 1. The van der Waals surface area contributed by atoms with Crippen molar-refractivity contribution in [3.8, 4) is 0 Å². The second kappa shape index (κ2) is 7.93. The molecule has 2 aliphatic heterocycles. The number of halogens is 2. The number of ether oxygens (including phenoxy) is 1. The summed E-state index contributed by atoms with van der Waals surface area (Å²) in [5.74, 6) is -0.567. The van der Waals surface area contributed by atoms with Gasteiger partial charge in [0.1, 0.15) is 5.82 Å². The van der Waals surface area contributed by atoms with Crippen molar-refractivity contribution >= 4 is 21.7 Å². The van der Waals surface area contributed by atoms with Gasteiger partial charge in [0.25, 0.3) is 0 Å². The van der Waals surface area contributed by atoms with E-state index in [9.17, 15) is 17.6 Å². The van der Waals surface area contributed by atoms with Gasteiger partial charge in [0.05, 0.1) is 18.0 Å². The summed E-state index contributed by atoms with van der Waals surface area (Å²) in [5, 5.41) is 2.70. The number of nitrogens with zero attached hydrogens (tertiary/aromatic N) is 2. The van der Waals surface area contributed by atoms with E-state index < -0.39 is 33.8 Å². The molecule has 1 N–H and O–H groups in total. The van der Waals surface area contributed by atoms with Gasteiger partial charge in [-0.2, -0.15) is 4.31 Å². The molecule has 30 heavy (non-hydrogen) atoms. The smallest absolute Gasteiger partial charge is 0.321 e. The number of sulfonamides is 1. The van der Waals surface area contributed by atoms with Crippen molar-refractivity contribution in [2.75, 3.05) is 31.6 Å². The number of para-hydroxylation sites is 1. The molecule has 1 spiro atoms. The molecule has 2 heterocycles. The van der Waals surface area contributed by atoms with Crippen LogP contribution in [0.3, 0.4) is 0 Å². The number of benzene rings is 2. The number of carbonyl (C=O) groups is 1. The fourth-order valence-corrected chi connectivity index (χ4v) is 5.57. The number of anilines is 1. The van der Waals surface area contributed by atoms with E-state index >= 15 is 4.39 Å². The van der Waals surface area contributed by atoms with Gasteiger partial charge in [-0.1, -0.05) is 18.2 Å². The maximum atomic E-state index is 15.3. The quantitative estimate of drug-likeness (QED) is 0.801. The van der Waals surface area contributed by atoms with Crippen LogP contribution < -0.4 is 5.32 Å². The highest BCUT2D eigenvalue weighted by Gasteiger charge is 2.57. The van der Waals surface area contributed by atoms with Crippen LogP contribution in [0.5, 0.6) is 0 Å². The van der Waals surface area contributed by atoms with Crippen LogP contribution in [0.1, 0.15) is 6.42 Å². The summed E-state index contributed by atoms with van der Waals surface area (Å²) < 4.78 is 61.3. The van der Waals surface area contributed by atoms with Crippen molar-refractivity contribution < 1.29 is 26.7 Å². The lowest BCUT2D eigenvalue weighted by Gasteiger charge is -2.44. The van der Waals surface area contributed by atoms with Crippen LogP contribution in [-0.4, -0.2) is 61.8 Å². The molecule has 2 aromatic rings. The van der Waals surface area contributed by atoms with Gasteiger partial charge in [0.15, 0.2) is 11.9 Å². The monoisotopic (exact) mass is 437 g/mol. The molecular formula is C20H21F2N3O4S. The topological polar surface area (TPSA) is 79.0 Å². The van der Waals surface area contributed by atoms with Gasteiger partial charge in [0.2, 0.25) is 10.0 Å². The summed E-state index contributed by atoms with van der Waals surface area (Å²) in [6, 6.07) is 12.7. The van der Waals surface area contributed by atoms with Gasteiger partial charge < -0.3 is 15.0 Å². The van der Waals surface area contributed by atoms with Crippen LogP contribution >= 0.6 is 0 Å². The Labute approximate surface area is 173 Å². The molecule has 0 aliphatic carbocycles. The summed E-state index contributed by atoms with van der Waals surface area (Å²) in [6.45, 7) is -0.171. The number of piperidine rings is 1. The molecule has 2 aliphatic rings. The second-order valence-corrected chi connectivity index (χ2v) is 9.05. The van der Waals surface area contributed by atoms with Crippen molar-refractivity contribution in [3.05, 3.63) is 60.4 Å². The standard InChI is InChI=1S/C20H21F2N3O4S/c21-15-6-8-17(9-7-15)30(27,28)25-12-13-29-20(25)10-11-24(14-18(20)22)19(26)23-16-4-2-1-3-5-16/h1-9,18H,10-14H2,(H,23,26)/t18-,20-/m1/s1. The minimum absolute atomic E-state index is 0.0171. The first kappa shape index (κ1) is 20.7. The second-order valence-electron chi connectivity index (χ2n) is 7.18. The van der Waals surface area contributed by atoms with Gasteiger partial charge in [-0.25, -0.2) is 22.0 Å². The van der Waals surface area contributed by atoms with Crippen molar-refractivity contribution in [2.45, 2.75) is 23.2 Å². The summed E-state index contributed by atoms with van der Waals surface area (Å²) in [5.41, 5.74) is -1.10. The number of amides is 2. The number of nitrogens with one attached hydrogen (secondary N) is 1. The predicted molar refractivity (Wildman–Crippen MR) is 106 cm³/mol. The van der Waals surface area contributed by atoms with Gasteiger partial charge in [-0.05, 0) is 36.4 Å². The highest BCUT2D eigenvalue weighted by Crippen LogP contribution is 2.40. The third-order valence-corrected chi connectivity index (χ3v) is 7.33. The number of urea groups is 1. The number of alkyl halides is 1. The van der Waals surface area contributed by atoms with Crippen molar-refractivity contribution in [1.82, 2.24) is 9.21 Å². The van der Waals surface area contributed by atoms with Gasteiger partial charge in [0, 0.05) is 25.2 Å². The van der Waals surface area contributed by atoms with Crippen LogP contribution in [-0.2, 0) is 14.8 Å². The first-order valence-corrected chi connectivity index (χ1v) is 10.9. The van der Waals surface area contributed by atoms with E-state index in [1.807, 2.05) is 6.07 Å². The zero-order chi connectivity index (χ0) is 21.4. The average Bonchev–Trinajstić information content (AvgIpc) is 3.17. The molecule has 0 saturated carbocycles. The van der Waals surface area contributed by atoms with Gasteiger partial charge >= 0.3 is 6.03 Å². The summed E-state index contributed by atoms with van der Waals surface area (Å²) in [6.07, 6.45) is -1.76. The van der Waals surface area contributed by atoms with E-state index in [1.165, 1.54) is 4.90 Å². The minimum Gasteiger partial charge on any atom is -0.355 e. The van der Waals surface area contributed by atoms with Crippen LogP contribution in [0, 0.1) is 5.82 Å². The van der Waals surface area contributed by atoms with Gasteiger partial charge in [-0.3, -0.25) is 0 Å². The Morgan fingerprint density at radius 2 is 1.80 bits per heavy atom. The molecule has 0 unspecified atom stereocenters. The Bertz CT molecular complexity index is 1020. The Morgan fingerprint density at radius 1 is 1.10 bits per heavy atom. The molecule has 0 aromatic heterocycles. The zero-order valence-corrected chi connectivity index (χ0v) is 16.8. The molecule has 160 valence electrons. The lowest BCUT2D eigenvalue weighted by molar-refractivity contribution is -0.134. The molecule has 2 atom stereocenters. The van der Waals surface area contributed by atoms with Crippen LogP contribution in [0.25, 0.3) is 0 Å². The number of hydrogen-bond acceptors (Lipinski definition) is 4. The normalized spacial score (nSPS) is 24.9. The molecule has 2 fully saturated rings. The molecular weight excluding hydrogens is 416 g/mol. The Hall–Kier alpha value is -2.56. The highest BCUT2D eigenvalue weighted by molar-refractivity contribution is 7.89. The first-order valence-electron chi connectivity index (χ1n) is 9.50. The predicted octanol–water partition coefficient (Wildman–Crippen LogP) is 2.82. The third-order valence-electron chi connectivity index (χ3n) is 5.39. The van der Waals surface area contributed by atoms with Crippen LogP contribution in [0.15, 0.2) is 59.5 Å². The summed E-state index contributed by atoms with van der Waals surface area (Å²) in [4.78, 5) is 13.7. The van der Waals surface area contributed by atoms with Crippen molar-refractivity contribution in [2.24, 2.45) is 0 Å². The van der Waals surface area contributed by atoms with E-state index in [-0.39, 0.29) is 37.6 Å². The lowest BCUT2D eigenvalue weighted by atomic mass is 9.99. The molecule has 0 radical (unpaired) electrons. The molecule has 4 rings (SSSR count). The Morgan fingerprint density at radius 3 is 2.47 bits per heavy atom. The van der Waals surface area contributed by atoms with Crippen LogP contribution in [0.2, 0.25) is 0 Å². The fourth-order valence-electron chi connectivity index (χ4n) is 3.86. The number of carbonyl (C=O) groups excluding carboxylic acids is 1. The molecule has 2 aromatic carbocycles. The largest absolute Gasteiger partial charge is 0.355 e. The molecule has 0 bridgehead atoms. The van der Waals surface area contributed by atoms with E-state index in [0.717, 1.165) is 28.6 Å².